The number of hydrogen-bond acceptors (Lipinski definition) is 7. The van der Waals surface area contributed by atoms with Crippen molar-refractivity contribution < 1.29 is 0 Å². The molecule has 2 N–H and O–H groups in total. The number of fused-ring (bicyclic) bond motifs is 2. The predicted octanol–water partition coefficient (Wildman–Crippen LogP) is 0.660. The van der Waals surface area contributed by atoms with Crippen LogP contribution in [0.2, 0.25) is 0 Å². The molecule has 0 aromatic carbocycles. The molecular formula is C18H25N7S. The molecule has 1 spiro atoms. The van der Waals surface area contributed by atoms with E-state index in [1.54, 1.807) is 0 Å². The number of rotatable bonds is 1. The van der Waals surface area contributed by atoms with Crippen LogP contribution in [0.5, 0.6) is 0 Å². The minimum atomic E-state index is -0.850. The third-order valence-electron chi connectivity index (χ3n) is 7.04. The van der Waals surface area contributed by atoms with Crippen LogP contribution in [0.25, 0.3) is 0 Å². The molecule has 0 aromatic heterocycles. The van der Waals surface area contributed by atoms with E-state index in [2.05, 4.69) is 41.5 Å². The van der Waals surface area contributed by atoms with Crippen LogP contribution in [-0.2, 0) is 0 Å². The first-order chi connectivity index (χ1) is 12.5. The molecule has 2 atom stereocenters. The fraction of sp³-hybridized carbons (Fsp3) is 0.778. The number of thiocarbonyl (C=S) groups is 1. The summed E-state index contributed by atoms with van der Waals surface area (Å²) >= 11 is 5.87. The highest BCUT2D eigenvalue weighted by Crippen LogP contribution is 2.64. The van der Waals surface area contributed by atoms with Gasteiger partial charge in [-0.05, 0) is 39.8 Å². The van der Waals surface area contributed by atoms with Gasteiger partial charge in [-0.25, -0.2) is 0 Å². The molecule has 138 valence electrons. The molecule has 26 heavy (non-hydrogen) atoms. The first-order valence-electron chi connectivity index (χ1n) is 9.33. The average molecular weight is 372 g/mol. The van der Waals surface area contributed by atoms with Crippen molar-refractivity contribution in [1.29, 1.82) is 10.5 Å². The summed E-state index contributed by atoms with van der Waals surface area (Å²) in [7, 11) is 0. The molecule has 3 saturated heterocycles. The normalized spacial score (nSPS) is 36.3. The maximum atomic E-state index is 10.4. The van der Waals surface area contributed by atoms with Crippen molar-refractivity contribution in [3.8, 4) is 12.1 Å². The Balaban J connectivity index is 1.91. The maximum absolute atomic E-state index is 10.4. The van der Waals surface area contributed by atoms with Gasteiger partial charge < -0.3 is 15.1 Å². The highest BCUT2D eigenvalue weighted by Gasteiger charge is 2.74. The van der Waals surface area contributed by atoms with Gasteiger partial charge in [0, 0.05) is 24.5 Å². The lowest BCUT2D eigenvalue weighted by Gasteiger charge is -2.66. The van der Waals surface area contributed by atoms with Gasteiger partial charge in [-0.15, -0.1) is 0 Å². The van der Waals surface area contributed by atoms with Crippen molar-refractivity contribution in [3.63, 3.8) is 0 Å². The highest BCUT2D eigenvalue weighted by atomic mass is 32.1. The minimum absolute atomic E-state index is 0.463. The summed E-state index contributed by atoms with van der Waals surface area (Å²) in [6, 6.07) is 5.70. The highest BCUT2D eigenvalue weighted by molar-refractivity contribution is 7.80. The van der Waals surface area contributed by atoms with Gasteiger partial charge in [0.15, 0.2) is 0 Å². The average Bonchev–Trinajstić information content (AvgIpc) is 2.67. The molecule has 0 radical (unpaired) electrons. The zero-order valence-corrected chi connectivity index (χ0v) is 16.2. The fourth-order valence-electron chi connectivity index (χ4n) is 5.60. The van der Waals surface area contributed by atoms with E-state index in [1.165, 1.54) is 0 Å². The zero-order chi connectivity index (χ0) is 18.6. The summed E-state index contributed by atoms with van der Waals surface area (Å²) in [6.07, 6.45) is 1.60. The second-order valence-electron chi connectivity index (χ2n) is 8.13. The third kappa shape index (κ3) is 1.91. The van der Waals surface area contributed by atoms with E-state index in [-0.39, 0.29) is 0 Å². The molecule has 0 aliphatic carbocycles. The van der Waals surface area contributed by atoms with Crippen molar-refractivity contribution >= 4 is 23.0 Å². The molecule has 7 nitrogen and oxygen atoms in total. The van der Waals surface area contributed by atoms with Crippen LogP contribution < -0.4 is 10.6 Å². The Bertz CT molecular complexity index is 740. The fourth-order valence-corrected chi connectivity index (χ4v) is 6.06. The summed E-state index contributed by atoms with van der Waals surface area (Å²) in [5, 5.41) is 27.4. The van der Waals surface area contributed by atoms with Crippen LogP contribution in [0, 0.1) is 38.9 Å². The van der Waals surface area contributed by atoms with Crippen LogP contribution in [0.4, 0.5) is 0 Å². The number of hydrogen-bond donors (Lipinski definition) is 2. The van der Waals surface area contributed by atoms with Gasteiger partial charge in [-0.2, -0.15) is 10.5 Å². The van der Waals surface area contributed by atoms with Gasteiger partial charge in [-0.1, -0.05) is 12.2 Å². The Kier molecular flexibility index (Phi) is 4.09. The Morgan fingerprint density at radius 1 is 1.12 bits per heavy atom. The van der Waals surface area contributed by atoms with Gasteiger partial charge in [-0.3, -0.25) is 10.3 Å². The number of nitriles is 2. The van der Waals surface area contributed by atoms with E-state index in [0.29, 0.717) is 37.5 Å². The van der Waals surface area contributed by atoms with E-state index in [4.69, 9.17) is 17.2 Å². The van der Waals surface area contributed by atoms with Crippen molar-refractivity contribution in [2.75, 3.05) is 39.5 Å². The molecule has 4 heterocycles. The lowest BCUT2D eigenvalue weighted by Crippen LogP contribution is -2.79. The van der Waals surface area contributed by atoms with Gasteiger partial charge >= 0.3 is 0 Å². The molecule has 2 bridgehead atoms. The molecule has 3 fully saturated rings. The molecule has 0 amide bonds. The van der Waals surface area contributed by atoms with Gasteiger partial charge in [0.25, 0.3) is 0 Å². The van der Waals surface area contributed by atoms with Crippen molar-refractivity contribution in [2.24, 2.45) is 21.2 Å². The zero-order valence-electron chi connectivity index (χ0n) is 15.4. The van der Waals surface area contributed by atoms with Crippen LogP contribution in [-0.4, -0.2) is 66.2 Å². The molecule has 4 aliphatic rings. The number of nitrogens with zero attached hydrogens (tertiary/aromatic N) is 5. The maximum Gasteiger partial charge on any atom is 0.135 e. The molecule has 0 aromatic rings. The number of nitrogens with one attached hydrogen (secondary N) is 2. The molecule has 4 aliphatic heterocycles. The van der Waals surface area contributed by atoms with Gasteiger partial charge in [0.1, 0.15) is 21.7 Å². The summed E-state index contributed by atoms with van der Waals surface area (Å²) in [4.78, 5) is 9.68. The summed E-state index contributed by atoms with van der Waals surface area (Å²) < 4.78 is 0. The molecule has 2 unspecified atom stereocenters. The molecule has 8 heteroatoms. The van der Waals surface area contributed by atoms with Crippen molar-refractivity contribution in [1.82, 2.24) is 20.4 Å². The van der Waals surface area contributed by atoms with E-state index >= 15 is 0 Å². The summed E-state index contributed by atoms with van der Waals surface area (Å²) in [5.41, 5.74) is -2.14. The SMILES string of the molecule is CC(C)N1CCC2(CC1)C1(C#N)CNCC2(C#N)C2=NCNCN2C1=S. The quantitative estimate of drug-likeness (QED) is 0.654. The number of likely N-dealkylation sites (tertiary alicyclic amines) is 1. The Morgan fingerprint density at radius 2 is 1.77 bits per heavy atom. The van der Waals surface area contributed by atoms with Crippen LogP contribution >= 0.6 is 12.2 Å². The smallest absolute Gasteiger partial charge is 0.135 e. The first-order valence-corrected chi connectivity index (χ1v) is 9.74. The molecule has 4 rings (SSSR count). The number of piperidine rings is 3. The van der Waals surface area contributed by atoms with Crippen molar-refractivity contribution in [3.05, 3.63) is 0 Å². The standard InChI is InChI=1S/C18H25N7S/c1-13(2)24-5-3-18(4-6-24)16(7-19)9-21-10-17(18,8-20)15(26)25-12-22-11-23-14(16)25/h13,21-22H,3-6,9-12H2,1-2H3. The van der Waals surface area contributed by atoms with E-state index < -0.39 is 16.2 Å². The van der Waals surface area contributed by atoms with Crippen LogP contribution in [0.15, 0.2) is 4.99 Å². The van der Waals surface area contributed by atoms with E-state index in [9.17, 15) is 10.5 Å². The molecule has 0 saturated carbocycles. The molecular weight excluding hydrogens is 346 g/mol. The summed E-state index contributed by atoms with van der Waals surface area (Å²) in [6.45, 7) is 8.24. The second-order valence-corrected chi connectivity index (χ2v) is 8.52. The third-order valence-corrected chi connectivity index (χ3v) is 7.60. The minimum Gasteiger partial charge on any atom is -0.313 e. The first kappa shape index (κ1) is 17.8. The summed E-state index contributed by atoms with van der Waals surface area (Å²) in [5.74, 6) is 0.764. The lowest BCUT2D eigenvalue weighted by atomic mass is 9.43. The second kappa shape index (κ2) is 5.97. The largest absolute Gasteiger partial charge is 0.313 e. The number of aliphatic imine (C=N–C) groups is 1. The predicted molar refractivity (Wildman–Crippen MR) is 102 cm³/mol. The van der Waals surface area contributed by atoms with E-state index in [0.717, 1.165) is 31.8 Å². The number of amidine groups is 1. The van der Waals surface area contributed by atoms with Crippen LogP contribution in [0.3, 0.4) is 0 Å². The Morgan fingerprint density at radius 3 is 2.38 bits per heavy atom. The van der Waals surface area contributed by atoms with E-state index in [1.807, 2.05) is 4.90 Å². The van der Waals surface area contributed by atoms with Crippen molar-refractivity contribution in [2.45, 2.75) is 32.7 Å². The monoisotopic (exact) mass is 371 g/mol. The van der Waals surface area contributed by atoms with Gasteiger partial charge in [0.2, 0.25) is 0 Å². The Hall–Kier alpha value is -1.58. The Labute approximate surface area is 160 Å². The van der Waals surface area contributed by atoms with Crippen LogP contribution in [0.1, 0.15) is 26.7 Å². The topological polar surface area (TPSA) is 90.5 Å². The van der Waals surface area contributed by atoms with Gasteiger partial charge in [0.05, 0.1) is 25.5 Å². The lowest BCUT2D eigenvalue weighted by molar-refractivity contribution is -0.0588.